The number of nitrogens with zero attached hydrogens (tertiary/aromatic N) is 1. The minimum absolute atomic E-state index is 0.169. The van der Waals surface area contributed by atoms with Gasteiger partial charge in [-0.2, -0.15) is 0 Å². The quantitative estimate of drug-likeness (QED) is 0.836. The number of likely N-dealkylation sites (tertiary alicyclic amines) is 1. The molecule has 2 atom stereocenters. The highest BCUT2D eigenvalue weighted by Crippen LogP contribution is 2.36. The molecule has 1 saturated heterocycles. The van der Waals surface area contributed by atoms with Gasteiger partial charge >= 0.3 is 0 Å². The first kappa shape index (κ1) is 16.8. The molecule has 2 rings (SSSR count). The molecule has 2 aliphatic rings. The van der Waals surface area contributed by atoms with E-state index in [2.05, 4.69) is 37.9 Å². The number of nitrogens with two attached hydrogens (primary N) is 1. The summed E-state index contributed by atoms with van der Waals surface area (Å²) in [5, 5.41) is 3.48. The largest absolute Gasteiger partial charge is 0.368 e. The molecule has 4 nitrogen and oxygen atoms in total. The van der Waals surface area contributed by atoms with Crippen molar-refractivity contribution in [2.75, 3.05) is 13.1 Å². The van der Waals surface area contributed by atoms with Gasteiger partial charge < -0.3 is 11.1 Å². The van der Waals surface area contributed by atoms with Gasteiger partial charge in [-0.1, -0.05) is 13.8 Å². The van der Waals surface area contributed by atoms with Crippen LogP contribution in [0.4, 0.5) is 0 Å². The highest BCUT2D eigenvalue weighted by molar-refractivity contribution is 5.85. The molecule has 0 radical (unpaired) electrons. The molecule has 1 aliphatic carbocycles. The number of carbonyl (C=O) groups is 1. The fourth-order valence-corrected chi connectivity index (χ4v) is 4.32. The normalized spacial score (nSPS) is 34.0. The molecule has 0 spiro atoms. The van der Waals surface area contributed by atoms with Crippen LogP contribution in [0, 0.1) is 5.41 Å². The van der Waals surface area contributed by atoms with Crippen molar-refractivity contribution in [2.24, 2.45) is 11.1 Å². The second-order valence-electron chi connectivity index (χ2n) is 8.23. The smallest absolute Gasteiger partial charge is 0.237 e. The number of primary amides is 1. The SMILES string of the molecule is CC(C)NC1(C(N)=O)CCCC(N2CCCC(C)(C)C2)C1. The molecule has 1 heterocycles. The van der Waals surface area contributed by atoms with E-state index in [-0.39, 0.29) is 11.9 Å². The summed E-state index contributed by atoms with van der Waals surface area (Å²) in [4.78, 5) is 14.7. The monoisotopic (exact) mass is 295 g/mol. The van der Waals surface area contributed by atoms with Crippen molar-refractivity contribution in [3.63, 3.8) is 0 Å². The zero-order valence-corrected chi connectivity index (χ0v) is 14.2. The second-order valence-corrected chi connectivity index (χ2v) is 8.23. The van der Waals surface area contributed by atoms with Crippen LogP contribution < -0.4 is 11.1 Å². The van der Waals surface area contributed by atoms with Crippen LogP contribution in [0.15, 0.2) is 0 Å². The Morgan fingerprint density at radius 1 is 1.29 bits per heavy atom. The third-order valence-corrected chi connectivity index (χ3v) is 5.21. The van der Waals surface area contributed by atoms with Gasteiger partial charge in [0.05, 0.1) is 5.54 Å². The first-order valence-electron chi connectivity index (χ1n) is 8.56. The van der Waals surface area contributed by atoms with E-state index in [1.807, 2.05) is 0 Å². The Morgan fingerprint density at radius 2 is 2.00 bits per heavy atom. The van der Waals surface area contributed by atoms with Gasteiger partial charge in [-0.3, -0.25) is 9.69 Å². The van der Waals surface area contributed by atoms with Gasteiger partial charge in [0, 0.05) is 18.6 Å². The van der Waals surface area contributed by atoms with Crippen LogP contribution in [0.2, 0.25) is 0 Å². The van der Waals surface area contributed by atoms with Crippen molar-refractivity contribution < 1.29 is 4.79 Å². The van der Waals surface area contributed by atoms with Crippen molar-refractivity contribution in [3.05, 3.63) is 0 Å². The average molecular weight is 295 g/mol. The Kier molecular flexibility index (Phi) is 4.99. The fourth-order valence-electron chi connectivity index (χ4n) is 4.32. The lowest BCUT2D eigenvalue weighted by Crippen LogP contribution is -2.63. The van der Waals surface area contributed by atoms with E-state index < -0.39 is 5.54 Å². The summed E-state index contributed by atoms with van der Waals surface area (Å²) >= 11 is 0. The second kappa shape index (κ2) is 6.25. The number of hydrogen-bond acceptors (Lipinski definition) is 3. The molecule has 2 fully saturated rings. The fraction of sp³-hybridized carbons (Fsp3) is 0.941. The maximum Gasteiger partial charge on any atom is 0.237 e. The molecule has 3 N–H and O–H groups in total. The summed E-state index contributed by atoms with van der Waals surface area (Å²) in [6.45, 7) is 11.2. The third kappa shape index (κ3) is 3.98. The number of rotatable bonds is 4. The van der Waals surface area contributed by atoms with Gasteiger partial charge in [-0.05, 0) is 64.3 Å². The van der Waals surface area contributed by atoms with E-state index >= 15 is 0 Å². The molecule has 4 heteroatoms. The Hall–Kier alpha value is -0.610. The van der Waals surface area contributed by atoms with Gasteiger partial charge in [-0.15, -0.1) is 0 Å². The summed E-state index contributed by atoms with van der Waals surface area (Å²) in [5.74, 6) is -0.169. The van der Waals surface area contributed by atoms with Gasteiger partial charge in [0.25, 0.3) is 0 Å². The summed E-state index contributed by atoms with van der Waals surface area (Å²) < 4.78 is 0. The molecule has 0 aromatic rings. The Balaban J connectivity index is 2.10. The van der Waals surface area contributed by atoms with E-state index in [9.17, 15) is 4.79 Å². The van der Waals surface area contributed by atoms with E-state index in [0.29, 0.717) is 11.5 Å². The van der Waals surface area contributed by atoms with E-state index in [1.54, 1.807) is 0 Å². The first-order chi connectivity index (χ1) is 9.74. The first-order valence-corrected chi connectivity index (χ1v) is 8.56. The van der Waals surface area contributed by atoms with Crippen LogP contribution in [0.3, 0.4) is 0 Å². The zero-order valence-electron chi connectivity index (χ0n) is 14.2. The highest BCUT2D eigenvalue weighted by Gasteiger charge is 2.44. The minimum Gasteiger partial charge on any atom is -0.368 e. The Morgan fingerprint density at radius 3 is 2.57 bits per heavy atom. The predicted octanol–water partition coefficient (Wildman–Crippen LogP) is 2.27. The molecule has 1 amide bonds. The van der Waals surface area contributed by atoms with Crippen molar-refractivity contribution in [2.45, 2.75) is 83.8 Å². The van der Waals surface area contributed by atoms with E-state index in [1.165, 1.54) is 25.8 Å². The molecular formula is C17H33N3O. The van der Waals surface area contributed by atoms with Gasteiger partial charge in [0.1, 0.15) is 0 Å². The molecule has 21 heavy (non-hydrogen) atoms. The maximum atomic E-state index is 12.1. The minimum atomic E-state index is -0.501. The number of carbonyl (C=O) groups excluding carboxylic acids is 1. The van der Waals surface area contributed by atoms with Crippen LogP contribution in [-0.2, 0) is 4.79 Å². The van der Waals surface area contributed by atoms with Crippen molar-refractivity contribution in [1.29, 1.82) is 0 Å². The van der Waals surface area contributed by atoms with E-state index in [0.717, 1.165) is 25.8 Å². The lowest BCUT2D eigenvalue weighted by Gasteiger charge is -2.48. The highest BCUT2D eigenvalue weighted by atomic mass is 16.1. The van der Waals surface area contributed by atoms with E-state index in [4.69, 9.17) is 5.73 Å². The Labute approximate surface area is 129 Å². The summed E-state index contributed by atoms with van der Waals surface area (Å²) in [7, 11) is 0. The van der Waals surface area contributed by atoms with Crippen LogP contribution in [0.25, 0.3) is 0 Å². The zero-order chi connectivity index (χ0) is 15.7. The summed E-state index contributed by atoms with van der Waals surface area (Å²) in [6.07, 6.45) is 6.62. The Bertz CT molecular complexity index is 380. The van der Waals surface area contributed by atoms with Crippen LogP contribution in [0.5, 0.6) is 0 Å². The number of amides is 1. The van der Waals surface area contributed by atoms with Crippen molar-refractivity contribution in [3.8, 4) is 0 Å². The summed E-state index contributed by atoms with van der Waals surface area (Å²) in [5.41, 5.74) is 5.67. The molecule has 2 unspecified atom stereocenters. The van der Waals surface area contributed by atoms with Gasteiger partial charge in [0.15, 0.2) is 0 Å². The van der Waals surface area contributed by atoms with Crippen molar-refractivity contribution in [1.82, 2.24) is 10.2 Å². The van der Waals surface area contributed by atoms with Gasteiger partial charge in [0.2, 0.25) is 5.91 Å². The summed E-state index contributed by atoms with van der Waals surface area (Å²) in [6, 6.07) is 0.783. The average Bonchev–Trinajstić information content (AvgIpc) is 2.36. The lowest BCUT2D eigenvalue weighted by atomic mass is 9.75. The number of hydrogen-bond donors (Lipinski definition) is 2. The number of piperidine rings is 1. The predicted molar refractivity (Wildman–Crippen MR) is 87.0 cm³/mol. The van der Waals surface area contributed by atoms with Crippen molar-refractivity contribution >= 4 is 5.91 Å². The third-order valence-electron chi connectivity index (χ3n) is 5.21. The maximum absolute atomic E-state index is 12.1. The van der Waals surface area contributed by atoms with Crippen LogP contribution in [-0.4, -0.2) is 41.5 Å². The lowest BCUT2D eigenvalue weighted by molar-refractivity contribution is -0.127. The molecular weight excluding hydrogens is 262 g/mol. The molecule has 0 aromatic carbocycles. The standard InChI is InChI=1S/C17H33N3O/c1-13(2)19-17(15(18)21)9-5-7-14(11-17)20-10-6-8-16(3,4)12-20/h13-14,19H,5-12H2,1-4H3,(H2,18,21). The topological polar surface area (TPSA) is 58.4 Å². The molecule has 122 valence electrons. The molecule has 1 aliphatic heterocycles. The van der Waals surface area contributed by atoms with Gasteiger partial charge in [-0.25, -0.2) is 0 Å². The molecule has 0 bridgehead atoms. The number of nitrogens with one attached hydrogen (secondary N) is 1. The molecule has 1 saturated carbocycles. The van der Waals surface area contributed by atoms with Crippen LogP contribution >= 0.6 is 0 Å². The molecule has 0 aromatic heterocycles. The van der Waals surface area contributed by atoms with Crippen LogP contribution in [0.1, 0.15) is 66.2 Å².